The van der Waals surface area contributed by atoms with Crippen molar-refractivity contribution in [2.75, 3.05) is 13.2 Å². The van der Waals surface area contributed by atoms with Gasteiger partial charge < -0.3 is 20.3 Å². The average molecular weight is 963 g/mol. The van der Waals surface area contributed by atoms with Crippen LogP contribution in [0.5, 0.6) is 0 Å². The minimum atomic E-state index is -0.659. The van der Waals surface area contributed by atoms with Gasteiger partial charge >= 0.3 is 5.97 Å². The number of hydrogen-bond donors (Lipinski definition) is 3. The van der Waals surface area contributed by atoms with E-state index in [1.807, 2.05) is 0 Å². The van der Waals surface area contributed by atoms with Crippen LogP contribution in [-0.2, 0) is 14.3 Å². The van der Waals surface area contributed by atoms with Gasteiger partial charge in [-0.2, -0.15) is 0 Å². The molecular formula is C62H123NO5. The molecule has 0 bridgehead atoms. The predicted molar refractivity (Wildman–Crippen MR) is 297 cm³/mol. The summed E-state index contributed by atoms with van der Waals surface area (Å²) < 4.78 is 5.49. The molecule has 0 fully saturated rings. The minimum Gasteiger partial charge on any atom is -0.466 e. The summed E-state index contributed by atoms with van der Waals surface area (Å²) in [6.45, 7) is 4.97. The van der Waals surface area contributed by atoms with E-state index in [0.717, 1.165) is 38.5 Å². The molecule has 2 atom stereocenters. The summed E-state index contributed by atoms with van der Waals surface area (Å²) in [6.07, 6.45) is 68.4. The van der Waals surface area contributed by atoms with Crippen molar-refractivity contribution in [2.45, 2.75) is 373 Å². The molecule has 6 nitrogen and oxygen atoms in total. The van der Waals surface area contributed by atoms with Crippen LogP contribution < -0.4 is 5.32 Å². The van der Waals surface area contributed by atoms with Crippen LogP contribution in [0.15, 0.2) is 0 Å². The highest BCUT2D eigenvalue weighted by Gasteiger charge is 2.20. The van der Waals surface area contributed by atoms with Gasteiger partial charge in [0, 0.05) is 12.8 Å². The van der Waals surface area contributed by atoms with E-state index in [1.54, 1.807) is 0 Å². The van der Waals surface area contributed by atoms with Crippen LogP contribution in [0.1, 0.15) is 361 Å². The van der Waals surface area contributed by atoms with Crippen LogP contribution in [-0.4, -0.2) is 47.4 Å². The highest BCUT2D eigenvalue weighted by Crippen LogP contribution is 2.19. The average Bonchev–Trinajstić information content (AvgIpc) is 3.34. The van der Waals surface area contributed by atoms with Gasteiger partial charge in [0.05, 0.1) is 25.4 Å². The molecule has 3 N–H and O–H groups in total. The third-order valence-corrected chi connectivity index (χ3v) is 14.9. The van der Waals surface area contributed by atoms with Crippen molar-refractivity contribution in [1.29, 1.82) is 0 Å². The van der Waals surface area contributed by atoms with E-state index in [4.69, 9.17) is 4.74 Å². The molecule has 0 aromatic carbocycles. The largest absolute Gasteiger partial charge is 0.466 e. The molecule has 68 heavy (non-hydrogen) atoms. The van der Waals surface area contributed by atoms with Crippen LogP contribution in [0.2, 0.25) is 0 Å². The molecule has 0 aliphatic heterocycles. The van der Waals surface area contributed by atoms with Gasteiger partial charge in [-0.1, -0.05) is 322 Å². The smallest absolute Gasteiger partial charge is 0.305 e. The highest BCUT2D eigenvalue weighted by molar-refractivity contribution is 5.76. The van der Waals surface area contributed by atoms with Crippen LogP contribution in [0.25, 0.3) is 0 Å². The predicted octanol–water partition coefficient (Wildman–Crippen LogP) is 19.5. The second-order valence-corrected chi connectivity index (χ2v) is 21.8. The molecule has 0 saturated heterocycles. The molecule has 0 saturated carbocycles. The van der Waals surface area contributed by atoms with Crippen molar-refractivity contribution in [1.82, 2.24) is 5.32 Å². The summed E-state index contributed by atoms with van der Waals surface area (Å²) in [4.78, 5) is 24.5. The zero-order valence-electron chi connectivity index (χ0n) is 46.4. The number of carbonyl (C=O) groups excluding carboxylic acids is 2. The Hall–Kier alpha value is -1.14. The lowest BCUT2D eigenvalue weighted by molar-refractivity contribution is -0.143. The molecule has 406 valence electrons. The summed E-state index contributed by atoms with van der Waals surface area (Å²) in [6, 6.07) is -0.536. The Labute approximate surface area is 426 Å². The van der Waals surface area contributed by atoms with E-state index in [9.17, 15) is 19.8 Å². The first-order valence-electron chi connectivity index (χ1n) is 31.3. The first kappa shape index (κ1) is 66.9. The van der Waals surface area contributed by atoms with E-state index in [0.29, 0.717) is 25.9 Å². The number of rotatable bonds is 59. The van der Waals surface area contributed by atoms with Crippen molar-refractivity contribution in [2.24, 2.45) is 0 Å². The summed E-state index contributed by atoms with van der Waals surface area (Å²) >= 11 is 0. The fraction of sp³-hybridized carbons (Fsp3) is 0.968. The van der Waals surface area contributed by atoms with Gasteiger partial charge in [-0.25, -0.2) is 0 Å². The van der Waals surface area contributed by atoms with Crippen LogP contribution >= 0.6 is 0 Å². The number of aliphatic hydroxyl groups excluding tert-OH is 2. The molecule has 0 spiro atoms. The van der Waals surface area contributed by atoms with Gasteiger partial charge in [-0.3, -0.25) is 9.59 Å². The van der Waals surface area contributed by atoms with E-state index in [1.165, 1.54) is 289 Å². The first-order valence-corrected chi connectivity index (χ1v) is 31.3. The monoisotopic (exact) mass is 962 g/mol. The van der Waals surface area contributed by atoms with E-state index in [2.05, 4.69) is 19.2 Å². The molecule has 6 heteroatoms. The Kier molecular flexibility index (Phi) is 57.5. The Morgan fingerprint density at radius 1 is 0.353 bits per heavy atom. The van der Waals surface area contributed by atoms with Crippen molar-refractivity contribution in [3.05, 3.63) is 0 Å². The number of nitrogens with one attached hydrogen (secondary N) is 1. The normalized spacial score (nSPS) is 12.5. The number of amides is 1. The molecule has 0 heterocycles. The maximum Gasteiger partial charge on any atom is 0.305 e. The van der Waals surface area contributed by atoms with Crippen LogP contribution in [0.3, 0.4) is 0 Å². The minimum absolute atomic E-state index is 0.0209. The number of carbonyl (C=O) groups is 2. The number of hydrogen-bond acceptors (Lipinski definition) is 5. The van der Waals surface area contributed by atoms with Crippen molar-refractivity contribution < 1.29 is 24.5 Å². The topological polar surface area (TPSA) is 95.9 Å². The molecule has 0 aliphatic carbocycles. The van der Waals surface area contributed by atoms with Gasteiger partial charge in [-0.15, -0.1) is 0 Å². The van der Waals surface area contributed by atoms with Gasteiger partial charge in [0.1, 0.15) is 0 Å². The third kappa shape index (κ3) is 54.2. The fourth-order valence-corrected chi connectivity index (χ4v) is 10.1. The Morgan fingerprint density at radius 2 is 0.603 bits per heavy atom. The van der Waals surface area contributed by atoms with Crippen LogP contribution in [0.4, 0.5) is 0 Å². The molecule has 0 aromatic rings. The lowest BCUT2D eigenvalue weighted by Crippen LogP contribution is -2.45. The Bertz CT molecular complexity index is 975. The van der Waals surface area contributed by atoms with Crippen LogP contribution in [0, 0.1) is 0 Å². The number of esters is 1. The van der Waals surface area contributed by atoms with Crippen molar-refractivity contribution in [3.8, 4) is 0 Å². The molecule has 1 amide bonds. The fourth-order valence-electron chi connectivity index (χ4n) is 10.1. The van der Waals surface area contributed by atoms with E-state index in [-0.39, 0.29) is 18.5 Å². The van der Waals surface area contributed by atoms with Gasteiger partial charge in [0.2, 0.25) is 5.91 Å². The second kappa shape index (κ2) is 58.4. The van der Waals surface area contributed by atoms with Gasteiger partial charge in [0.25, 0.3) is 0 Å². The van der Waals surface area contributed by atoms with E-state index >= 15 is 0 Å². The van der Waals surface area contributed by atoms with Gasteiger partial charge in [0.15, 0.2) is 0 Å². The Morgan fingerprint density at radius 3 is 0.897 bits per heavy atom. The summed E-state index contributed by atoms with van der Waals surface area (Å²) in [5, 5.41) is 23.2. The molecule has 0 rings (SSSR count). The summed E-state index contributed by atoms with van der Waals surface area (Å²) in [5.41, 5.74) is 0. The first-order chi connectivity index (χ1) is 33.5. The van der Waals surface area contributed by atoms with Crippen molar-refractivity contribution in [3.63, 3.8) is 0 Å². The zero-order chi connectivity index (χ0) is 49.3. The molecule has 0 radical (unpaired) electrons. The van der Waals surface area contributed by atoms with Crippen molar-refractivity contribution >= 4 is 11.9 Å². The lowest BCUT2D eigenvalue weighted by Gasteiger charge is -2.22. The van der Waals surface area contributed by atoms with Gasteiger partial charge in [-0.05, 0) is 25.7 Å². The standard InChI is InChI=1S/C62H123NO5/c1-3-5-7-9-11-13-15-16-29-33-36-40-44-48-52-56-62(67)68-57-53-49-45-41-37-34-31-28-26-24-22-20-18-17-19-21-23-25-27-30-32-35-39-43-47-51-55-61(66)63-59(58-64)60(65)54-50-46-42-38-14-12-10-8-6-4-2/h59-60,64-65H,3-58H2,1-2H3,(H,63,66). The molecule has 0 aliphatic rings. The number of aliphatic hydroxyl groups is 2. The maximum atomic E-state index is 12.4. The number of unbranched alkanes of at least 4 members (excludes halogenated alkanes) is 48. The summed E-state index contributed by atoms with van der Waals surface area (Å²) in [7, 11) is 0. The Balaban J connectivity index is 3.30. The SMILES string of the molecule is CCCCCCCCCCCCCCCCCC(=O)OCCCCCCCCCCCCCCCCCCCCCCCCCCCCC(=O)NC(CO)C(O)CCCCCCCCCCCC. The molecular weight excluding hydrogens is 839 g/mol. The second-order valence-electron chi connectivity index (χ2n) is 21.8. The van der Waals surface area contributed by atoms with E-state index < -0.39 is 12.1 Å². The number of ether oxygens (including phenoxy) is 1. The quantitative estimate of drug-likeness (QED) is 0.0417. The third-order valence-electron chi connectivity index (χ3n) is 14.9. The zero-order valence-corrected chi connectivity index (χ0v) is 46.4. The maximum absolute atomic E-state index is 12.4. The summed E-state index contributed by atoms with van der Waals surface area (Å²) in [5.74, 6) is -0.0114. The lowest BCUT2D eigenvalue weighted by atomic mass is 10.0. The molecule has 2 unspecified atom stereocenters. The molecule has 0 aromatic heterocycles. The highest BCUT2D eigenvalue weighted by atomic mass is 16.5.